The largest absolute Gasteiger partial charge is 0.497 e. The Morgan fingerprint density at radius 2 is 1.77 bits per heavy atom. The van der Waals surface area contributed by atoms with Crippen molar-refractivity contribution in [2.75, 3.05) is 45.8 Å². The Morgan fingerprint density at radius 1 is 1.12 bits per heavy atom. The summed E-state index contributed by atoms with van der Waals surface area (Å²) >= 11 is 0. The van der Waals surface area contributed by atoms with E-state index in [4.69, 9.17) is 9.47 Å². The molecule has 1 N–H and O–H groups in total. The van der Waals surface area contributed by atoms with Gasteiger partial charge in [0.1, 0.15) is 17.8 Å². The van der Waals surface area contributed by atoms with Crippen molar-refractivity contribution < 1.29 is 14.4 Å². The van der Waals surface area contributed by atoms with Crippen molar-refractivity contribution in [2.45, 2.75) is 0 Å². The van der Waals surface area contributed by atoms with E-state index in [9.17, 15) is 10.1 Å². The molecule has 0 spiro atoms. The highest BCUT2D eigenvalue weighted by Gasteiger charge is 2.27. The van der Waals surface area contributed by atoms with Crippen molar-refractivity contribution in [2.24, 2.45) is 0 Å². The number of hydrogen-bond acceptors (Lipinski definition) is 9. The van der Waals surface area contributed by atoms with Crippen LogP contribution in [0.15, 0.2) is 30.6 Å². The number of nitro groups is 1. The van der Waals surface area contributed by atoms with Gasteiger partial charge in [-0.3, -0.25) is 15.5 Å². The Kier molecular flexibility index (Phi) is 5.44. The van der Waals surface area contributed by atoms with Crippen LogP contribution in [0.5, 0.6) is 17.4 Å². The third-order valence-corrected chi connectivity index (χ3v) is 4.01. The number of nitrogens with one attached hydrogen (secondary N) is 1. The molecule has 0 atom stereocenters. The number of benzene rings is 1. The van der Waals surface area contributed by atoms with E-state index in [1.54, 1.807) is 31.4 Å². The van der Waals surface area contributed by atoms with Crippen LogP contribution in [-0.2, 0) is 0 Å². The lowest BCUT2D eigenvalue weighted by Gasteiger charge is -2.32. The monoisotopic (exact) mass is 360 g/mol. The number of hydrogen-bond donors (Lipinski definition) is 1. The maximum Gasteiger partial charge on any atom is 0.374 e. The molecule has 0 radical (unpaired) electrons. The van der Waals surface area contributed by atoms with E-state index in [1.165, 1.54) is 6.33 Å². The highest BCUT2D eigenvalue weighted by atomic mass is 16.6. The highest BCUT2D eigenvalue weighted by Crippen LogP contribution is 2.34. The van der Waals surface area contributed by atoms with Gasteiger partial charge < -0.3 is 14.4 Å². The molecule has 26 heavy (non-hydrogen) atoms. The van der Waals surface area contributed by atoms with Crippen molar-refractivity contribution in [3.8, 4) is 17.4 Å². The van der Waals surface area contributed by atoms with Crippen LogP contribution in [-0.4, -0.2) is 65.1 Å². The number of anilines is 1. The second-order valence-electron chi connectivity index (χ2n) is 5.81. The summed E-state index contributed by atoms with van der Waals surface area (Å²) in [4.78, 5) is 21.2. The fraction of sp³-hybridized carbons (Fsp3) is 0.375. The van der Waals surface area contributed by atoms with Crippen LogP contribution in [0, 0.1) is 10.1 Å². The number of hydrazine groups is 1. The van der Waals surface area contributed by atoms with Gasteiger partial charge in [-0.15, -0.1) is 0 Å². The van der Waals surface area contributed by atoms with E-state index in [1.807, 2.05) is 12.1 Å². The summed E-state index contributed by atoms with van der Waals surface area (Å²) in [5, 5.41) is 13.5. The molecule has 3 rings (SSSR count). The molecule has 1 fully saturated rings. The molecular formula is C16H20N6O4. The topological polar surface area (TPSA) is 106 Å². The number of rotatable bonds is 6. The first-order valence-electron chi connectivity index (χ1n) is 8.08. The minimum Gasteiger partial charge on any atom is -0.497 e. The van der Waals surface area contributed by atoms with Crippen molar-refractivity contribution in [1.29, 1.82) is 0 Å². The van der Waals surface area contributed by atoms with Crippen molar-refractivity contribution in [1.82, 2.24) is 19.9 Å². The predicted octanol–water partition coefficient (Wildman–Crippen LogP) is 1.76. The Hall–Kier alpha value is -2.98. The molecule has 0 bridgehead atoms. The number of piperazine rings is 1. The van der Waals surface area contributed by atoms with Crippen molar-refractivity contribution in [3.63, 3.8) is 0 Å². The molecule has 10 nitrogen and oxygen atoms in total. The third-order valence-electron chi connectivity index (χ3n) is 4.01. The first-order chi connectivity index (χ1) is 12.6. The van der Waals surface area contributed by atoms with E-state index in [-0.39, 0.29) is 17.4 Å². The second-order valence-corrected chi connectivity index (χ2v) is 5.81. The van der Waals surface area contributed by atoms with Gasteiger partial charge in [-0.05, 0) is 31.3 Å². The smallest absolute Gasteiger partial charge is 0.374 e. The van der Waals surface area contributed by atoms with E-state index in [0.717, 1.165) is 26.2 Å². The lowest BCUT2D eigenvalue weighted by Crippen LogP contribution is -2.47. The normalized spacial score (nSPS) is 15.5. The summed E-state index contributed by atoms with van der Waals surface area (Å²) in [5.41, 5.74) is 2.71. The van der Waals surface area contributed by atoms with E-state index in [2.05, 4.69) is 20.3 Å². The Labute approximate surface area is 150 Å². The Morgan fingerprint density at radius 3 is 2.38 bits per heavy atom. The van der Waals surface area contributed by atoms with Gasteiger partial charge in [0.15, 0.2) is 0 Å². The average molecular weight is 360 g/mol. The van der Waals surface area contributed by atoms with Crippen LogP contribution in [0.4, 0.5) is 11.5 Å². The first kappa shape index (κ1) is 17.8. The third kappa shape index (κ3) is 4.16. The van der Waals surface area contributed by atoms with Gasteiger partial charge in [0.05, 0.1) is 12.0 Å². The first-order valence-corrected chi connectivity index (χ1v) is 8.08. The van der Waals surface area contributed by atoms with Gasteiger partial charge in [-0.2, -0.15) is 4.98 Å². The molecule has 138 valence electrons. The molecule has 1 aliphatic heterocycles. The fourth-order valence-corrected chi connectivity index (χ4v) is 2.51. The molecule has 1 aromatic heterocycles. The molecular weight excluding hydrogens is 340 g/mol. The molecule has 0 amide bonds. The summed E-state index contributed by atoms with van der Waals surface area (Å²) < 4.78 is 10.7. The zero-order valence-electron chi connectivity index (χ0n) is 14.6. The quantitative estimate of drug-likeness (QED) is 0.609. The van der Waals surface area contributed by atoms with Crippen molar-refractivity contribution in [3.05, 3.63) is 40.7 Å². The molecule has 1 saturated heterocycles. The van der Waals surface area contributed by atoms with E-state index in [0.29, 0.717) is 11.5 Å². The minimum atomic E-state index is -0.544. The van der Waals surface area contributed by atoms with Crippen molar-refractivity contribution >= 4 is 11.5 Å². The molecule has 0 unspecified atom stereocenters. The zero-order valence-corrected chi connectivity index (χ0v) is 14.6. The average Bonchev–Trinajstić information content (AvgIpc) is 2.64. The van der Waals surface area contributed by atoms with Gasteiger partial charge in [0, 0.05) is 26.2 Å². The van der Waals surface area contributed by atoms with Crippen LogP contribution in [0.1, 0.15) is 0 Å². The Bertz CT molecular complexity index is 762. The molecule has 2 aromatic rings. The summed E-state index contributed by atoms with van der Waals surface area (Å²) in [6.07, 6.45) is 1.24. The summed E-state index contributed by atoms with van der Waals surface area (Å²) in [7, 11) is 3.59. The molecule has 1 aliphatic rings. The summed E-state index contributed by atoms with van der Waals surface area (Å²) in [6, 6.07) is 6.70. The maximum absolute atomic E-state index is 11.6. The summed E-state index contributed by atoms with van der Waals surface area (Å²) in [6.45, 7) is 3.18. The molecule has 1 aromatic carbocycles. The van der Waals surface area contributed by atoms with Gasteiger partial charge in [0.2, 0.25) is 5.82 Å². The number of aromatic nitrogens is 2. The number of methoxy groups -OCH3 is 1. The van der Waals surface area contributed by atoms with Crippen LogP contribution < -0.4 is 14.9 Å². The predicted molar refractivity (Wildman–Crippen MR) is 94.4 cm³/mol. The molecule has 0 saturated carbocycles. The highest BCUT2D eigenvalue weighted by molar-refractivity contribution is 5.61. The van der Waals surface area contributed by atoms with Crippen LogP contribution >= 0.6 is 0 Å². The summed E-state index contributed by atoms with van der Waals surface area (Å²) in [5.74, 6) is 1.06. The molecule has 2 heterocycles. The zero-order chi connectivity index (χ0) is 18.5. The van der Waals surface area contributed by atoms with Gasteiger partial charge in [-0.1, -0.05) is 0 Å². The van der Waals surface area contributed by atoms with E-state index < -0.39 is 4.92 Å². The SMILES string of the molecule is COc1ccc(Oc2ncnc(NN3CCN(C)CC3)c2[N+](=O)[O-])cc1. The van der Waals surface area contributed by atoms with Crippen LogP contribution in [0.2, 0.25) is 0 Å². The maximum atomic E-state index is 11.6. The Balaban J connectivity index is 1.82. The lowest BCUT2D eigenvalue weighted by molar-refractivity contribution is -0.385. The number of nitrogens with zero attached hydrogens (tertiary/aromatic N) is 5. The van der Waals surface area contributed by atoms with Crippen LogP contribution in [0.3, 0.4) is 0 Å². The molecule has 0 aliphatic carbocycles. The van der Waals surface area contributed by atoms with Gasteiger partial charge >= 0.3 is 11.6 Å². The molecule has 10 heteroatoms. The standard InChI is InChI=1S/C16H20N6O4/c1-20-7-9-21(10-8-20)19-15-14(22(23)24)16(18-11-17-15)26-13-5-3-12(25-2)4-6-13/h3-6,11H,7-10H2,1-2H3,(H,17,18,19). The second kappa shape index (κ2) is 7.93. The lowest BCUT2D eigenvalue weighted by atomic mass is 10.3. The van der Waals surface area contributed by atoms with E-state index >= 15 is 0 Å². The van der Waals surface area contributed by atoms with Crippen LogP contribution in [0.25, 0.3) is 0 Å². The van der Waals surface area contributed by atoms with Gasteiger partial charge in [0.25, 0.3) is 0 Å². The minimum absolute atomic E-state index is 0.109. The number of ether oxygens (including phenoxy) is 2. The number of likely N-dealkylation sites (N-methyl/N-ethyl adjacent to an activating group) is 1. The van der Waals surface area contributed by atoms with Gasteiger partial charge in [-0.25, -0.2) is 9.99 Å². The fourth-order valence-electron chi connectivity index (χ4n) is 2.51.